The van der Waals surface area contributed by atoms with Crippen molar-refractivity contribution in [2.75, 3.05) is 0 Å². The Hall–Kier alpha value is -1.31. The van der Waals surface area contributed by atoms with Gasteiger partial charge in [-0.3, -0.25) is 0 Å². The van der Waals surface area contributed by atoms with Crippen LogP contribution in [0, 0.1) is 12.7 Å². The summed E-state index contributed by atoms with van der Waals surface area (Å²) in [4.78, 5) is 4.56. The third kappa shape index (κ3) is 3.23. The Balaban J connectivity index is 1.69. The fourth-order valence-corrected chi connectivity index (χ4v) is 4.21. The zero-order valence-electron chi connectivity index (χ0n) is 10.5. The van der Waals surface area contributed by atoms with Gasteiger partial charge in [-0.05, 0) is 31.2 Å². The van der Waals surface area contributed by atoms with Crippen molar-refractivity contribution < 1.29 is 4.39 Å². The summed E-state index contributed by atoms with van der Waals surface area (Å²) in [5.41, 5.74) is 1.95. The van der Waals surface area contributed by atoms with E-state index in [0.29, 0.717) is 0 Å². The van der Waals surface area contributed by atoms with Crippen molar-refractivity contribution in [3.63, 3.8) is 0 Å². The summed E-state index contributed by atoms with van der Waals surface area (Å²) < 4.78 is 13.8. The molecule has 0 amide bonds. The van der Waals surface area contributed by atoms with E-state index >= 15 is 0 Å². The second-order valence-electron chi connectivity index (χ2n) is 4.03. The quantitative estimate of drug-likeness (QED) is 0.667. The fourth-order valence-electron chi connectivity index (χ4n) is 1.57. The van der Waals surface area contributed by atoms with E-state index in [0.717, 1.165) is 31.4 Å². The molecule has 0 bridgehead atoms. The molecule has 0 aliphatic carbocycles. The molecule has 0 saturated carbocycles. The largest absolute Gasteiger partial charge is 0.240 e. The van der Waals surface area contributed by atoms with Gasteiger partial charge in [-0.15, -0.1) is 21.5 Å². The molecule has 0 atom stereocenters. The van der Waals surface area contributed by atoms with Crippen LogP contribution in [0.25, 0.3) is 10.6 Å². The number of nitrogens with zero attached hydrogens (tertiary/aromatic N) is 3. The summed E-state index contributed by atoms with van der Waals surface area (Å²) in [6.07, 6.45) is 0. The molecule has 0 fully saturated rings. The molecule has 0 aliphatic rings. The van der Waals surface area contributed by atoms with Gasteiger partial charge in [0, 0.05) is 16.7 Å². The molecule has 3 rings (SSSR count). The molecule has 7 heteroatoms. The van der Waals surface area contributed by atoms with Crippen LogP contribution in [-0.2, 0) is 5.75 Å². The molecule has 0 aliphatic heterocycles. The first-order chi connectivity index (χ1) is 9.70. The zero-order valence-corrected chi connectivity index (χ0v) is 13.0. The number of halogens is 1. The van der Waals surface area contributed by atoms with Gasteiger partial charge in [-0.25, -0.2) is 9.37 Å². The molecule has 3 nitrogen and oxygen atoms in total. The van der Waals surface area contributed by atoms with Crippen molar-refractivity contribution in [1.82, 2.24) is 15.2 Å². The van der Waals surface area contributed by atoms with Crippen molar-refractivity contribution in [3.05, 3.63) is 46.2 Å². The van der Waals surface area contributed by atoms with Gasteiger partial charge in [-0.1, -0.05) is 23.1 Å². The average molecular weight is 323 g/mol. The Morgan fingerprint density at radius 3 is 2.70 bits per heavy atom. The minimum Gasteiger partial charge on any atom is -0.240 e. The van der Waals surface area contributed by atoms with E-state index in [-0.39, 0.29) is 5.82 Å². The predicted molar refractivity (Wildman–Crippen MR) is 81.7 cm³/mol. The number of aryl methyl sites for hydroxylation is 1. The highest BCUT2D eigenvalue weighted by Gasteiger charge is 2.07. The lowest BCUT2D eigenvalue weighted by Crippen LogP contribution is -1.82. The van der Waals surface area contributed by atoms with Gasteiger partial charge in [0.15, 0.2) is 4.34 Å². The van der Waals surface area contributed by atoms with E-state index < -0.39 is 0 Å². The van der Waals surface area contributed by atoms with Crippen LogP contribution >= 0.6 is 34.4 Å². The second-order valence-corrected chi connectivity index (χ2v) is 7.29. The van der Waals surface area contributed by atoms with E-state index in [9.17, 15) is 4.39 Å². The number of hydrogen-bond donors (Lipinski definition) is 0. The molecule has 0 unspecified atom stereocenters. The van der Waals surface area contributed by atoms with Gasteiger partial charge in [0.25, 0.3) is 0 Å². The molecule has 0 spiro atoms. The number of thiazole rings is 1. The maximum Gasteiger partial charge on any atom is 0.174 e. The van der Waals surface area contributed by atoms with Crippen LogP contribution in [-0.4, -0.2) is 15.2 Å². The number of thioether (sulfide) groups is 1. The Morgan fingerprint density at radius 1 is 1.20 bits per heavy atom. The minimum atomic E-state index is -0.229. The lowest BCUT2D eigenvalue weighted by molar-refractivity contribution is 0.628. The summed E-state index contributed by atoms with van der Waals surface area (Å²) in [6.45, 7) is 1.94. The first-order valence-corrected chi connectivity index (χ1v) is 8.52. The van der Waals surface area contributed by atoms with Crippen LogP contribution in [0.3, 0.4) is 0 Å². The molecule has 2 aromatic heterocycles. The summed E-state index contributed by atoms with van der Waals surface area (Å²) >= 11 is 4.79. The Bertz CT molecular complexity index is 706. The smallest absolute Gasteiger partial charge is 0.174 e. The van der Waals surface area contributed by atoms with Crippen LogP contribution in [0.4, 0.5) is 4.39 Å². The van der Waals surface area contributed by atoms with Crippen LogP contribution in [0.2, 0.25) is 0 Å². The zero-order chi connectivity index (χ0) is 13.9. The Kier molecular flexibility index (Phi) is 4.09. The van der Waals surface area contributed by atoms with Crippen molar-refractivity contribution in [2.24, 2.45) is 0 Å². The van der Waals surface area contributed by atoms with Crippen LogP contribution in [0.1, 0.15) is 10.7 Å². The highest BCUT2D eigenvalue weighted by atomic mass is 32.2. The van der Waals surface area contributed by atoms with Crippen LogP contribution < -0.4 is 0 Å². The molecule has 0 radical (unpaired) electrons. The Morgan fingerprint density at radius 2 is 2.00 bits per heavy atom. The van der Waals surface area contributed by atoms with E-state index in [4.69, 9.17) is 0 Å². The van der Waals surface area contributed by atoms with Crippen molar-refractivity contribution in [1.29, 1.82) is 0 Å². The van der Waals surface area contributed by atoms with Gasteiger partial charge in [0.2, 0.25) is 0 Å². The fraction of sp³-hybridized carbons (Fsp3) is 0.154. The number of benzene rings is 1. The second kappa shape index (κ2) is 5.99. The van der Waals surface area contributed by atoms with Crippen molar-refractivity contribution in [2.45, 2.75) is 17.0 Å². The standard InChI is InChI=1S/C13H10FN3S3/c1-8-16-17-13(20-8)19-7-11-6-18-12(15-11)9-2-4-10(14)5-3-9/h2-6H,7H2,1H3. The SMILES string of the molecule is Cc1nnc(SCc2csc(-c3ccc(F)cc3)n2)s1. The van der Waals surface area contributed by atoms with Crippen molar-refractivity contribution >= 4 is 34.4 Å². The first-order valence-electron chi connectivity index (χ1n) is 5.84. The predicted octanol–water partition coefficient (Wildman–Crippen LogP) is 4.40. The molecular weight excluding hydrogens is 313 g/mol. The number of aromatic nitrogens is 3. The normalized spacial score (nSPS) is 10.9. The average Bonchev–Trinajstić information content (AvgIpc) is 3.06. The van der Waals surface area contributed by atoms with Gasteiger partial charge in [0.1, 0.15) is 15.8 Å². The molecule has 20 heavy (non-hydrogen) atoms. The third-order valence-corrected chi connectivity index (χ3v) is 5.44. The number of hydrogen-bond acceptors (Lipinski definition) is 6. The van der Waals surface area contributed by atoms with Gasteiger partial charge in [0.05, 0.1) is 5.69 Å². The maximum atomic E-state index is 12.9. The molecule has 1 aromatic carbocycles. The maximum absolute atomic E-state index is 12.9. The summed E-state index contributed by atoms with van der Waals surface area (Å²) in [5, 5.41) is 12.0. The summed E-state index contributed by atoms with van der Waals surface area (Å²) in [6, 6.07) is 6.41. The lowest BCUT2D eigenvalue weighted by Gasteiger charge is -1.95. The molecule has 3 aromatic rings. The van der Waals surface area contributed by atoms with E-state index in [2.05, 4.69) is 15.2 Å². The summed E-state index contributed by atoms with van der Waals surface area (Å²) in [7, 11) is 0. The van der Waals surface area contributed by atoms with Crippen LogP contribution in [0.5, 0.6) is 0 Å². The molecule has 102 valence electrons. The van der Waals surface area contributed by atoms with Crippen LogP contribution in [0.15, 0.2) is 34.0 Å². The van der Waals surface area contributed by atoms with E-state index in [1.165, 1.54) is 12.1 Å². The molecule has 0 saturated heterocycles. The third-order valence-electron chi connectivity index (χ3n) is 2.49. The van der Waals surface area contributed by atoms with E-state index in [1.807, 2.05) is 12.3 Å². The molecule has 0 N–H and O–H groups in total. The number of rotatable bonds is 4. The van der Waals surface area contributed by atoms with Crippen molar-refractivity contribution in [3.8, 4) is 10.6 Å². The highest BCUT2D eigenvalue weighted by Crippen LogP contribution is 2.29. The minimum absolute atomic E-state index is 0.229. The lowest BCUT2D eigenvalue weighted by atomic mass is 10.2. The topological polar surface area (TPSA) is 38.7 Å². The highest BCUT2D eigenvalue weighted by molar-refractivity contribution is 8.00. The summed E-state index contributed by atoms with van der Waals surface area (Å²) in [5.74, 6) is 0.541. The van der Waals surface area contributed by atoms with Gasteiger partial charge >= 0.3 is 0 Å². The first kappa shape index (κ1) is 13.7. The Labute approximate surface area is 127 Å². The molecular formula is C13H10FN3S3. The van der Waals surface area contributed by atoms with E-state index in [1.54, 1.807) is 46.6 Å². The molecule has 2 heterocycles. The van der Waals surface area contributed by atoms with Gasteiger partial charge < -0.3 is 0 Å². The monoisotopic (exact) mass is 323 g/mol. The van der Waals surface area contributed by atoms with Gasteiger partial charge in [-0.2, -0.15) is 0 Å².